The van der Waals surface area contributed by atoms with Crippen LogP contribution in [-0.2, 0) is 11.3 Å². The lowest BCUT2D eigenvalue weighted by Gasteiger charge is -2.40. The van der Waals surface area contributed by atoms with E-state index in [1.165, 1.54) is 27.9 Å². The monoisotopic (exact) mass is 471 g/mol. The quantitative estimate of drug-likeness (QED) is 0.412. The molecule has 3 aromatic rings. The Kier molecular flexibility index (Phi) is 7.44. The van der Waals surface area contributed by atoms with Crippen molar-refractivity contribution in [3.63, 3.8) is 0 Å². The molecule has 2 aromatic carbocycles. The Morgan fingerprint density at radius 2 is 1.71 bits per heavy atom. The molecule has 1 amide bonds. The van der Waals surface area contributed by atoms with Crippen molar-refractivity contribution in [2.45, 2.75) is 65.6 Å². The minimum atomic E-state index is -0.474. The number of carbonyl (C=O) groups excluding carboxylic acids is 1. The number of piperidine rings is 1. The first-order chi connectivity index (χ1) is 16.7. The summed E-state index contributed by atoms with van der Waals surface area (Å²) in [5.74, 6) is 0. The van der Waals surface area contributed by atoms with Crippen LogP contribution in [-0.4, -0.2) is 40.7 Å². The molecular weight excluding hydrogens is 434 g/mol. The van der Waals surface area contributed by atoms with E-state index in [-0.39, 0.29) is 6.09 Å². The van der Waals surface area contributed by atoms with Crippen LogP contribution in [0.5, 0.6) is 0 Å². The number of amides is 1. The van der Waals surface area contributed by atoms with Gasteiger partial charge < -0.3 is 14.5 Å². The number of hydrogen-bond donors (Lipinski definition) is 0. The van der Waals surface area contributed by atoms with E-state index in [4.69, 9.17) is 4.74 Å². The number of aromatic nitrogens is 1. The number of pyridine rings is 1. The highest BCUT2D eigenvalue weighted by Gasteiger charge is 2.30. The zero-order chi connectivity index (χ0) is 25.0. The van der Waals surface area contributed by atoms with Gasteiger partial charge in [-0.1, -0.05) is 42.0 Å². The maximum Gasteiger partial charge on any atom is 0.410 e. The topological polar surface area (TPSA) is 45.7 Å². The van der Waals surface area contributed by atoms with Gasteiger partial charge >= 0.3 is 6.09 Å². The molecule has 184 valence electrons. The fourth-order valence-electron chi connectivity index (χ4n) is 4.63. The summed E-state index contributed by atoms with van der Waals surface area (Å²) in [6.45, 7) is 12.2. The van der Waals surface area contributed by atoms with Gasteiger partial charge in [0.05, 0.1) is 5.69 Å². The van der Waals surface area contributed by atoms with Crippen LogP contribution in [0.1, 0.15) is 50.3 Å². The molecule has 4 rings (SSSR count). The number of anilines is 1. The highest BCUT2D eigenvalue weighted by Crippen LogP contribution is 2.28. The summed E-state index contributed by atoms with van der Waals surface area (Å²) in [5.41, 5.74) is 6.61. The molecule has 5 nitrogen and oxygen atoms in total. The number of hydrogen-bond acceptors (Lipinski definition) is 4. The van der Waals surface area contributed by atoms with Gasteiger partial charge in [0.15, 0.2) is 0 Å². The minimum Gasteiger partial charge on any atom is -0.444 e. The van der Waals surface area contributed by atoms with Crippen molar-refractivity contribution < 1.29 is 9.53 Å². The fourth-order valence-corrected chi connectivity index (χ4v) is 4.63. The van der Waals surface area contributed by atoms with Gasteiger partial charge in [-0.3, -0.25) is 4.98 Å². The van der Waals surface area contributed by atoms with E-state index in [2.05, 4.69) is 84.4 Å². The van der Waals surface area contributed by atoms with Crippen LogP contribution in [0.2, 0.25) is 0 Å². The van der Waals surface area contributed by atoms with Crippen LogP contribution in [0.25, 0.3) is 11.3 Å². The van der Waals surface area contributed by atoms with Gasteiger partial charge in [-0.15, -0.1) is 0 Å². The van der Waals surface area contributed by atoms with Gasteiger partial charge in [0.25, 0.3) is 0 Å². The molecule has 0 unspecified atom stereocenters. The second-order valence-electron chi connectivity index (χ2n) is 10.5. The predicted molar refractivity (Wildman–Crippen MR) is 143 cm³/mol. The lowest BCUT2D eigenvalue weighted by atomic mass is 10.00. The van der Waals surface area contributed by atoms with E-state index in [1.807, 2.05) is 31.9 Å². The Balaban J connectivity index is 1.54. The summed E-state index contributed by atoms with van der Waals surface area (Å²) in [6.07, 6.45) is 3.51. The molecule has 0 N–H and O–H groups in total. The van der Waals surface area contributed by atoms with Crippen molar-refractivity contribution >= 4 is 11.8 Å². The second-order valence-corrected chi connectivity index (χ2v) is 10.5. The maximum atomic E-state index is 12.6. The van der Waals surface area contributed by atoms with Gasteiger partial charge in [-0.2, -0.15) is 0 Å². The Morgan fingerprint density at radius 3 is 2.37 bits per heavy atom. The molecule has 0 bridgehead atoms. The average Bonchev–Trinajstić information content (AvgIpc) is 2.83. The fraction of sp³-hybridized carbons (Fsp3) is 0.400. The zero-order valence-corrected chi connectivity index (χ0v) is 21.6. The van der Waals surface area contributed by atoms with E-state index in [1.54, 1.807) is 0 Å². The summed E-state index contributed by atoms with van der Waals surface area (Å²) >= 11 is 0. The third kappa shape index (κ3) is 6.41. The number of benzene rings is 2. The Bertz CT molecular complexity index is 1140. The molecule has 0 atom stereocenters. The van der Waals surface area contributed by atoms with Gasteiger partial charge in [0.2, 0.25) is 0 Å². The van der Waals surface area contributed by atoms with Crippen molar-refractivity contribution in [2.24, 2.45) is 0 Å². The number of carbonyl (C=O) groups is 1. The van der Waals surface area contributed by atoms with E-state index >= 15 is 0 Å². The SMILES string of the molecule is Cc1ccc(N(Cc2ccnc(-c3ccccc3C)c2)C2CCN(C(=O)OC(C)(C)C)CC2)cc1. The van der Waals surface area contributed by atoms with Gasteiger partial charge in [0, 0.05) is 43.1 Å². The molecule has 5 heteroatoms. The second kappa shape index (κ2) is 10.5. The van der Waals surface area contributed by atoms with Crippen LogP contribution in [0.15, 0.2) is 66.9 Å². The number of rotatable bonds is 5. The first kappa shape index (κ1) is 24.8. The number of likely N-dealkylation sites (tertiary alicyclic amines) is 1. The summed E-state index contributed by atoms with van der Waals surface area (Å²) in [7, 11) is 0. The largest absolute Gasteiger partial charge is 0.444 e. The molecule has 1 fully saturated rings. The standard InChI is InChI=1S/C30H37N3O2/c1-22-10-12-25(13-11-22)33(26-15-18-32(19-16-26)29(34)35-30(3,4)5)21-24-14-17-31-28(20-24)27-9-7-6-8-23(27)2/h6-14,17,20,26H,15-16,18-19,21H2,1-5H3. The van der Waals surface area contributed by atoms with Crippen molar-refractivity contribution in [1.29, 1.82) is 0 Å². The number of nitrogens with zero attached hydrogens (tertiary/aromatic N) is 3. The van der Waals surface area contributed by atoms with Crippen LogP contribution in [0, 0.1) is 13.8 Å². The predicted octanol–water partition coefficient (Wildman–Crippen LogP) is 6.77. The highest BCUT2D eigenvalue weighted by molar-refractivity contribution is 5.68. The first-order valence-electron chi connectivity index (χ1n) is 12.5. The normalized spacial score (nSPS) is 14.6. The Labute approximate surface area is 209 Å². The molecule has 0 radical (unpaired) electrons. The van der Waals surface area contributed by atoms with Crippen LogP contribution < -0.4 is 4.90 Å². The zero-order valence-electron chi connectivity index (χ0n) is 21.6. The summed E-state index contributed by atoms with van der Waals surface area (Å²) in [5, 5.41) is 0. The van der Waals surface area contributed by atoms with E-state index in [0.717, 1.165) is 25.1 Å². The maximum absolute atomic E-state index is 12.6. The molecule has 2 heterocycles. The Morgan fingerprint density at radius 1 is 1.03 bits per heavy atom. The molecule has 1 aliphatic rings. The molecular formula is C30H37N3O2. The van der Waals surface area contributed by atoms with Crippen molar-refractivity contribution in [2.75, 3.05) is 18.0 Å². The number of aryl methyl sites for hydroxylation is 2. The molecule has 0 saturated carbocycles. The van der Waals surface area contributed by atoms with Crippen molar-refractivity contribution in [3.05, 3.63) is 83.6 Å². The summed E-state index contributed by atoms with van der Waals surface area (Å²) in [4.78, 5) is 21.6. The van der Waals surface area contributed by atoms with E-state index < -0.39 is 5.60 Å². The van der Waals surface area contributed by atoms with Crippen LogP contribution in [0.4, 0.5) is 10.5 Å². The van der Waals surface area contributed by atoms with Crippen molar-refractivity contribution in [1.82, 2.24) is 9.88 Å². The van der Waals surface area contributed by atoms with Crippen LogP contribution in [0.3, 0.4) is 0 Å². The minimum absolute atomic E-state index is 0.213. The average molecular weight is 472 g/mol. The van der Waals surface area contributed by atoms with Gasteiger partial charge in [-0.05, 0) is 82.9 Å². The molecule has 1 aromatic heterocycles. The third-order valence-corrected chi connectivity index (χ3v) is 6.52. The van der Waals surface area contributed by atoms with E-state index in [9.17, 15) is 4.79 Å². The number of ether oxygens (including phenoxy) is 1. The lowest BCUT2D eigenvalue weighted by Crippen LogP contribution is -2.48. The lowest BCUT2D eigenvalue weighted by molar-refractivity contribution is 0.0204. The molecule has 1 saturated heterocycles. The molecule has 35 heavy (non-hydrogen) atoms. The molecule has 1 aliphatic heterocycles. The van der Waals surface area contributed by atoms with E-state index in [0.29, 0.717) is 19.1 Å². The molecule has 0 aliphatic carbocycles. The van der Waals surface area contributed by atoms with Crippen molar-refractivity contribution in [3.8, 4) is 11.3 Å². The summed E-state index contributed by atoms with van der Waals surface area (Å²) < 4.78 is 5.60. The summed E-state index contributed by atoms with van der Waals surface area (Å²) in [6, 6.07) is 21.8. The third-order valence-electron chi connectivity index (χ3n) is 6.52. The first-order valence-corrected chi connectivity index (χ1v) is 12.5. The van der Waals surface area contributed by atoms with Gasteiger partial charge in [0.1, 0.15) is 5.60 Å². The smallest absolute Gasteiger partial charge is 0.410 e. The highest BCUT2D eigenvalue weighted by atomic mass is 16.6. The molecule has 0 spiro atoms. The van der Waals surface area contributed by atoms with Gasteiger partial charge in [-0.25, -0.2) is 4.79 Å². The van der Waals surface area contributed by atoms with Crippen LogP contribution >= 0.6 is 0 Å². The Hall–Kier alpha value is -3.34.